The summed E-state index contributed by atoms with van der Waals surface area (Å²) in [6.45, 7) is 4.16. The SMILES string of the molecule is Cc1cc(Cl)ccc1NS(=O)(=O)N1CCNCC1. The fourth-order valence-electron chi connectivity index (χ4n) is 1.83. The van der Waals surface area contributed by atoms with Gasteiger partial charge in [0.25, 0.3) is 0 Å². The smallest absolute Gasteiger partial charge is 0.301 e. The molecule has 2 rings (SSSR count). The molecule has 1 aliphatic heterocycles. The maximum atomic E-state index is 12.1. The fourth-order valence-corrected chi connectivity index (χ4v) is 3.36. The number of benzene rings is 1. The van der Waals surface area contributed by atoms with Crippen LogP contribution in [0.5, 0.6) is 0 Å². The molecule has 0 saturated carbocycles. The van der Waals surface area contributed by atoms with Gasteiger partial charge in [0, 0.05) is 31.2 Å². The van der Waals surface area contributed by atoms with E-state index < -0.39 is 10.2 Å². The first kappa shape index (κ1) is 13.6. The fraction of sp³-hybridized carbons (Fsp3) is 0.455. The first-order valence-corrected chi connectivity index (χ1v) is 7.55. The van der Waals surface area contributed by atoms with E-state index in [9.17, 15) is 8.42 Å². The van der Waals surface area contributed by atoms with Crippen molar-refractivity contribution in [1.82, 2.24) is 9.62 Å². The van der Waals surface area contributed by atoms with Gasteiger partial charge in [0.15, 0.2) is 0 Å². The Morgan fingerprint density at radius 3 is 2.61 bits per heavy atom. The monoisotopic (exact) mass is 289 g/mol. The third-order valence-electron chi connectivity index (χ3n) is 2.84. The molecule has 0 atom stereocenters. The van der Waals surface area contributed by atoms with Crippen LogP contribution < -0.4 is 10.0 Å². The molecular formula is C11H16ClN3O2S. The summed E-state index contributed by atoms with van der Waals surface area (Å²) in [6.07, 6.45) is 0. The zero-order chi connectivity index (χ0) is 13.2. The van der Waals surface area contributed by atoms with Crippen molar-refractivity contribution in [2.45, 2.75) is 6.92 Å². The van der Waals surface area contributed by atoms with Crippen LogP contribution in [0.4, 0.5) is 5.69 Å². The molecule has 1 aromatic carbocycles. The summed E-state index contributed by atoms with van der Waals surface area (Å²) < 4.78 is 28.3. The Morgan fingerprint density at radius 2 is 2.00 bits per heavy atom. The largest absolute Gasteiger partial charge is 0.314 e. The molecule has 0 aliphatic carbocycles. The number of halogens is 1. The first-order chi connectivity index (χ1) is 8.49. The molecule has 1 saturated heterocycles. The minimum Gasteiger partial charge on any atom is -0.314 e. The van der Waals surface area contributed by atoms with Gasteiger partial charge in [0.05, 0.1) is 5.69 Å². The maximum absolute atomic E-state index is 12.1. The second-order valence-corrected chi connectivity index (χ2v) is 6.32. The highest BCUT2D eigenvalue weighted by molar-refractivity contribution is 7.90. The van der Waals surface area contributed by atoms with Crippen molar-refractivity contribution in [3.05, 3.63) is 28.8 Å². The molecule has 0 radical (unpaired) electrons. The molecule has 5 nitrogen and oxygen atoms in total. The lowest BCUT2D eigenvalue weighted by molar-refractivity contribution is 0.362. The van der Waals surface area contributed by atoms with Crippen LogP contribution in [0, 0.1) is 6.92 Å². The molecule has 0 bridgehead atoms. The van der Waals surface area contributed by atoms with Crippen LogP contribution in [-0.2, 0) is 10.2 Å². The molecule has 1 heterocycles. The zero-order valence-corrected chi connectivity index (χ0v) is 11.7. The van der Waals surface area contributed by atoms with E-state index in [1.54, 1.807) is 18.2 Å². The number of hydrogen-bond donors (Lipinski definition) is 2. The molecular weight excluding hydrogens is 274 g/mol. The second kappa shape index (κ2) is 5.44. The van der Waals surface area contributed by atoms with Gasteiger partial charge >= 0.3 is 10.2 Å². The van der Waals surface area contributed by atoms with E-state index >= 15 is 0 Å². The molecule has 0 unspecified atom stereocenters. The Balaban J connectivity index is 2.16. The van der Waals surface area contributed by atoms with E-state index in [2.05, 4.69) is 10.0 Å². The molecule has 1 aliphatic rings. The predicted molar refractivity (Wildman–Crippen MR) is 73.2 cm³/mol. The van der Waals surface area contributed by atoms with E-state index in [0.29, 0.717) is 36.9 Å². The molecule has 7 heteroatoms. The van der Waals surface area contributed by atoms with Crippen molar-refractivity contribution < 1.29 is 8.42 Å². The molecule has 0 amide bonds. The van der Waals surface area contributed by atoms with Crippen molar-refractivity contribution in [2.75, 3.05) is 30.9 Å². The van der Waals surface area contributed by atoms with Crippen molar-refractivity contribution in [1.29, 1.82) is 0 Å². The van der Waals surface area contributed by atoms with Gasteiger partial charge in [-0.15, -0.1) is 0 Å². The Labute approximate surface area is 112 Å². The van der Waals surface area contributed by atoms with Crippen LogP contribution in [0.1, 0.15) is 5.56 Å². The highest BCUT2D eigenvalue weighted by Crippen LogP contribution is 2.21. The van der Waals surface area contributed by atoms with Gasteiger partial charge in [0.2, 0.25) is 0 Å². The van der Waals surface area contributed by atoms with Gasteiger partial charge in [-0.25, -0.2) is 0 Å². The highest BCUT2D eigenvalue weighted by atomic mass is 35.5. The summed E-state index contributed by atoms with van der Waals surface area (Å²) in [5.41, 5.74) is 1.37. The van der Waals surface area contributed by atoms with E-state index in [4.69, 9.17) is 11.6 Å². The lowest BCUT2D eigenvalue weighted by Gasteiger charge is -2.27. The summed E-state index contributed by atoms with van der Waals surface area (Å²) in [5, 5.41) is 3.71. The van der Waals surface area contributed by atoms with Gasteiger partial charge in [-0.3, -0.25) is 4.72 Å². The molecule has 0 spiro atoms. The Bertz CT molecular complexity index is 527. The van der Waals surface area contributed by atoms with Gasteiger partial charge in [-0.2, -0.15) is 12.7 Å². The standard InChI is InChI=1S/C11H16ClN3O2S/c1-9-8-10(12)2-3-11(9)14-18(16,17)15-6-4-13-5-7-15/h2-3,8,13-14H,4-7H2,1H3. The van der Waals surface area contributed by atoms with Crippen molar-refractivity contribution in [2.24, 2.45) is 0 Å². The van der Waals surface area contributed by atoms with Gasteiger partial charge < -0.3 is 5.32 Å². The summed E-state index contributed by atoms with van der Waals surface area (Å²) in [5.74, 6) is 0. The lowest BCUT2D eigenvalue weighted by atomic mass is 10.2. The summed E-state index contributed by atoms with van der Waals surface area (Å²) >= 11 is 5.84. The van der Waals surface area contributed by atoms with Gasteiger partial charge in [-0.1, -0.05) is 11.6 Å². The third kappa shape index (κ3) is 3.14. The normalized spacial score (nSPS) is 17.7. The topological polar surface area (TPSA) is 61.4 Å². The minimum absolute atomic E-state index is 0.488. The number of nitrogens with zero attached hydrogens (tertiary/aromatic N) is 1. The van der Waals surface area contributed by atoms with Crippen molar-refractivity contribution in [3.8, 4) is 0 Å². The van der Waals surface area contributed by atoms with E-state index in [-0.39, 0.29) is 0 Å². The van der Waals surface area contributed by atoms with E-state index in [1.807, 2.05) is 6.92 Å². The third-order valence-corrected chi connectivity index (χ3v) is 4.60. The first-order valence-electron chi connectivity index (χ1n) is 5.74. The molecule has 1 fully saturated rings. The Hall–Kier alpha value is -0.820. The molecule has 100 valence electrons. The van der Waals surface area contributed by atoms with Crippen LogP contribution in [-0.4, -0.2) is 38.9 Å². The van der Waals surface area contributed by atoms with Crippen LogP contribution >= 0.6 is 11.6 Å². The van der Waals surface area contributed by atoms with Crippen LogP contribution in [0.2, 0.25) is 5.02 Å². The summed E-state index contributed by atoms with van der Waals surface area (Å²) in [7, 11) is -3.47. The molecule has 18 heavy (non-hydrogen) atoms. The molecule has 0 aromatic heterocycles. The zero-order valence-electron chi connectivity index (χ0n) is 10.1. The van der Waals surface area contributed by atoms with Crippen LogP contribution in [0.25, 0.3) is 0 Å². The highest BCUT2D eigenvalue weighted by Gasteiger charge is 2.23. The maximum Gasteiger partial charge on any atom is 0.301 e. The summed E-state index contributed by atoms with van der Waals surface area (Å²) in [6, 6.07) is 5.08. The second-order valence-electron chi connectivity index (χ2n) is 4.22. The quantitative estimate of drug-likeness (QED) is 0.879. The number of aryl methyl sites for hydroxylation is 1. The van der Waals surface area contributed by atoms with Gasteiger partial charge in [-0.05, 0) is 30.7 Å². The predicted octanol–water partition coefficient (Wildman–Crippen LogP) is 1.21. The molecule has 2 N–H and O–H groups in total. The van der Waals surface area contributed by atoms with Crippen molar-refractivity contribution >= 4 is 27.5 Å². The van der Waals surface area contributed by atoms with E-state index in [0.717, 1.165) is 5.56 Å². The Kier molecular flexibility index (Phi) is 4.11. The lowest BCUT2D eigenvalue weighted by Crippen LogP contribution is -2.48. The minimum atomic E-state index is -3.47. The number of rotatable bonds is 3. The average Bonchev–Trinajstić information content (AvgIpc) is 2.34. The van der Waals surface area contributed by atoms with Crippen LogP contribution in [0.3, 0.4) is 0 Å². The average molecular weight is 290 g/mol. The van der Waals surface area contributed by atoms with Gasteiger partial charge in [0.1, 0.15) is 0 Å². The Morgan fingerprint density at radius 1 is 1.33 bits per heavy atom. The number of anilines is 1. The summed E-state index contributed by atoms with van der Waals surface area (Å²) in [4.78, 5) is 0. The number of piperazine rings is 1. The number of nitrogens with one attached hydrogen (secondary N) is 2. The van der Waals surface area contributed by atoms with E-state index in [1.165, 1.54) is 4.31 Å². The number of hydrogen-bond acceptors (Lipinski definition) is 3. The molecule has 1 aromatic rings. The van der Waals surface area contributed by atoms with Crippen LogP contribution in [0.15, 0.2) is 18.2 Å². The van der Waals surface area contributed by atoms with Crippen molar-refractivity contribution in [3.63, 3.8) is 0 Å².